The van der Waals surface area contributed by atoms with Crippen LogP contribution in [-0.4, -0.2) is 60.3 Å². The van der Waals surface area contributed by atoms with Gasteiger partial charge in [0, 0.05) is 29.4 Å². The number of hydrazone groups is 1. The molecule has 1 aromatic carbocycles. The van der Waals surface area contributed by atoms with Crippen LogP contribution in [-0.2, 0) is 9.53 Å². The number of hydrogen-bond acceptors (Lipinski definition) is 5. The topological polar surface area (TPSA) is 69.5 Å². The lowest BCUT2D eigenvalue weighted by atomic mass is 9.99. The number of carbonyl (C=O) groups excluding carboxylic acids is 1. The van der Waals surface area contributed by atoms with Crippen molar-refractivity contribution in [2.24, 2.45) is 10.1 Å². The number of anilines is 1. The SMILES string of the molecule is O=C1/C(=N\C(=S)NN=C2CCCCC2)c2cc(Cl)ccc2N1CN1CCOCC1. The Morgan fingerprint density at radius 3 is 2.72 bits per heavy atom. The number of rotatable bonds is 3. The highest BCUT2D eigenvalue weighted by atomic mass is 35.5. The summed E-state index contributed by atoms with van der Waals surface area (Å²) in [5.41, 5.74) is 5.75. The van der Waals surface area contributed by atoms with Gasteiger partial charge in [0.05, 0.1) is 25.6 Å². The zero-order valence-electron chi connectivity index (χ0n) is 16.2. The van der Waals surface area contributed by atoms with Gasteiger partial charge in [0.25, 0.3) is 5.91 Å². The minimum absolute atomic E-state index is 0.178. The number of benzene rings is 1. The first-order valence-corrected chi connectivity index (χ1v) is 10.8. The van der Waals surface area contributed by atoms with Crippen molar-refractivity contribution in [3.8, 4) is 0 Å². The van der Waals surface area contributed by atoms with Crippen molar-refractivity contribution in [2.75, 3.05) is 37.9 Å². The van der Waals surface area contributed by atoms with E-state index in [0.717, 1.165) is 50.2 Å². The van der Waals surface area contributed by atoms with E-state index in [1.807, 2.05) is 6.07 Å². The number of ether oxygens (including phenoxy) is 1. The molecule has 0 atom stereocenters. The smallest absolute Gasteiger partial charge is 0.278 e. The Balaban J connectivity index is 1.54. The van der Waals surface area contributed by atoms with Gasteiger partial charge < -0.3 is 4.74 Å². The van der Waals surface area contributed by atoms with Gasteiger partial charge in [-0.25, -0.2) is 4.99 Å². The summed E-state index contributed by atoms with van der Waals surface area (Å²) < 4.78 is 5.40. The van der Waals surface area contributed by atoms with Crippen LogP contribution in [0.2, 0.25) is 5.02 Å². The molecular formula is C20H24ClN5O2S. The summed E-state index contributed by atoms with van der Waals surface area (Å²) in [7, 11) is 0. The number of aliphatic imine (C=N–C) groups is 1. The van der Waals surface area contributed by atoms with Crippen LogP contribution in [0, 0.1) is 0 Å². The van der Waals surface area contributed by atoms with E-state index in [0.29, 0.717) is 36.2 Å². The standard InChI is InChI=1S/C20H24ClN5O2S/c21-14-6-7-17-16(12-14)18(19(27)26(17)13-25-8-10-28-11-9-25)22-20(29)24-23-15-4-2-1-3-5-15/h6-7,12H,1-5,8-11,13H2,(H,24,29)/b22-18-. The molecule has 0 unspecified atom stereocenters. The van der Waals surface area contributed by atoms with Gasteiger partial charge in [0.2, 0.25) is 5.11 Å². The third kappa shape index (κ3) is 4.83. The average molecular weight is 434 g/mol. The van der Waals surface area contributed by atoms with E-state index in [1.54, 1.807) is 17.0 Å². The summed E-state index contributed by atoms with van der Waals surface area (Å²) >= 11 is 11.5. The first-order valence-electron chi connectivity index (χ1n) is 9.98. The van der Waals surface area contributed by atoms with Gasteiger partial charge in [-0.1, -0.05) is 18.0 Å². The van der Waals surface area contributed by atoms with Crippen molar-refractivity contribution >= 4 is 51.9 Å². The normalized spacial score (nSPS) is 21.4. The van der Waals surface area contributed by atoms with Crippen LogP contribution in [0.5, 0.6) is 0 Å². The van der Waals surface area contributed by atoms with Crippen LogP contribution in [0.1, 0.15) is 37.7 Å². The van der Waals surface area contributed by atoms with Crippen molar-refractivity contribution in [1.82, 2.24) is 10.3 Å². The van der Waals surface area contributed by atoms with Gasteiger partial charge in [-0.05, 0) is 56.1 Å². The zero-order valence-corrected chi connectivity index (χ0v) is 17.8. The van der Waals surface area contributed by atoms with Crippen LogP contribution in [0.25, 0.3) is 0 Å². The second kappa shape index (κ2) is 9.30. The number of thiocarbonyl (C=S) groups is 1. The minimum atomic E-state index is -0.178. The number of amides is 1. The van der Waals surface area contributed by atoms with Crippen molar-refractivity contribution in [3.05, 3.63) is 28.8 Å². The molecule has 1 N–H and O–H groups in total. The molecule has 154 valence electrons. The van der Waals surface area contributed by atoms with Crippen LogP contribution < -0.4 is 10.3 Å². The van der Waals surface area contributed by atoms with Crippen LogP contribution in [0.3, 0.4) is 0 Å². The maximum absolute atomic E-state index is 13.2. The molecule has 3 aliphatic rings. The summed E-state index contributed by atoms with van der Waals surface area (Å²) in [6.45, 7) is 3.40. The number of carbonyl (C=O) groups is 1. The largest absolute Gasteiger partial charge is 0.379 e. The van der Waals surface area contributed by atoms with Crippen LogP contribution in [0.4, 0.5) is 5.69 Å². The molecule has 1 aliphatic carbocycles. The molecule has 4 rings (SSSR count). The maximum Gasteiger partial charge on any atom is 0.278 e. The fraction of sp³-hybridized carbons (Fsp3) is 0.500. The molecule has 7 nitrogen and oxygen atoms in total. The summed E-state index contributed by atoms with van der Waals surface area (Å²) in [6.07, 6.45) is 5.52. The molecule has 0 radical (unpaired) electrons. The third-order valence-corrected chi connectivity index (χ3v) is 5.77. The fourth-order valence-electron chi connectivity index (χ4n) is 3.80. The molecule has 0 spiro atoms. The van der Waals surface area contributed by atoms with Crippen LogP contribution in [0.15, 0.2) is 28.3 Å². The summed E-state index contributed by atoms with van der Waals surface area (Å²) in [5.74, 6) is -0.178. The molecule has 1 saturated carbocycles. The molecule has 1 amide bonds. The highest BCUT2D eigenvalue weighted by molar-refractivity contribution is 7.80. The molecule has 1 saturated heterocycles. The molecule has 0 bridgehead atoms. The number of nitrogens with zero attached hydrogens (tertiary/aromatic N) is 4. The second-order valence-corrected chi connectivity index (χ2v) is 8.21. The second-order valence-electron chi connectivity index (χ2n) is 7.38. The van der Waals surface area contributed by atoms with Crippen molar-refractivity contribution in [3.63, 3.8) is 0 Å². The summed E-state index contributed by atoms with van der Waals surface area (Å²) in [5, 5.41) is 5.12. The molecule has 2 heterocycles. The Hall–Kier alpha value is -1.87. The molecule has 2 fully saturated rings. The number of halogens is 1. The Kier molecular flexibility index (Phi) is 6.54. The molecule has 1 aromatic rings. The molecule has 29 heavy (non-hydrogen) atoms. The third-order valence-electron chi connectivity index (χ3n) is 5.35. The quantitative estimate of drug-likeness (QED) is 0.586. The van der Waals surface area contributed by atoms with Crippen molar-refractivity contribution < 1.29 is 9.53 Å². The Bertz CT molecular complexity index is 858. The van der Waals surface area contributed by atoms with Gasteiger partial charge in [-0.3, -0.25) is 20.0 Å². The van der Waals surface area contributed by atoms with E-state index in [4.69, 9.17) is 28.6 Å². The number of hydrogen-bond donors (Lipinski definition) is 1. The van der Waals surface area contributed by atoms with Gasteiger partial charge in [0.1, 0.15) is 5.71 Å². The number of morpholine rings is 1. The van der Waals surface area contributed by atoms with E-state index >= 15 is 0 Å². The first kappa shape index (κ1) is 20.4. The molecule has 0 aromatic heterocycles. The van der Waals surface area contributed by atoms with Gasteiger partial charge in [-0.15, -0.1) is 0 Å². The lowest BCUT2D eigenvalue weighted by molar-refractivity contribution is -0.112. The van der Waals surface area contributed by atoms with Gasteiger partial charge in [0.15, 0.2) is 0 Å². The maximum atomic E-state index is 13.2. The zero-order chi connectivity index (χ0) is 20.2. The van der Waals surface area contributed by atoms with E-state index in [2.05, 4.69) is 20.4 Å². The van der Waals surface area contributed by atoms with E-state index in [1.165, 1.54) is 6.42 Å². The van der Waals surface area contributed by atoms with E-state index < -0.39 is 0 Å². The lowest BCUT2D eigenvalue weighted by Crippen LogP contribution is -2.46. The summed E-state index contributed by atoms with van der Waals surface area (Å²) in [4.78, 5) is 21.5. The first-order chi connectivity index (χ1) is 14.1. The Labute approximate surface area is 180 Å². The molecule has 2 aliphatic heterocycles. The Morgan fingerprint density at radius 1 is 1.21 bits per heavy atom. The lowest BCUT2D eigenvalue weighted by Gasteiger charge is -2.30. The van der Waals surface area contributed by atoms with Crippen molar-refractivity contribution in [2.45, 2.75) is 32.1 Å². The summed E-state index contributed by atoms with van der Waals surface area (Å²) in [6, 6.07) is 5.41. The monoisotopic (exact) mass is 433 g/mol. The van der Waals surface area contributed by atoms with E-state index in [9.17, 15) is 4.79 Å². The van der Waals surface area contributed by atoms with Gasteiger partial charge >= 0.3 is 0 Å². The molecule has 9 heteroatoms. The Morgan fingerprint density at radius 2 is 1.97 bits per heavy atom. The number of nitrogens with one attached hydrogen (secondary N) is 1. The van der Waals surface area contributed by atoms with E-state index in [-0.39, 0.29) is 11.0 Å². The predicted molar refractivity (Wildman–Crippen MR) is 119 cm³/mol. The van der Waals surface area contributed by atoms with Crippen molar-refractivity contribution in [1.29, 1.82) is 0 Å². The number of fused-ring (bicyclic) bond motifs is 1. The molecular weight excluding hydrogens is 410 g/mol. The van der Waals surface area contributed by atoms with Gasteiger partial charge in [-0.2, -0.15) is 5.10 Å². The van der Waals surface area contributed by atoms with Crippen LogP contribution >= 0.6 is 23.8 Å². The predicted octanol–water partition coefficient (Wildman–Crippen LogP) is 2.96. The minimum Gasteiger partial charge on any atom is -0.379 e. The highest BCUT2D eigenvalue weighted by Crippen LogP contribution is 2.32. The fourth-order valence-corrected chi connectivity index (χ4v) is 4.11. The average Bonchev–Trinajstić information content (AvgIpc) is 2.99. The highest BCUT2D eigenvalue weighted by Gasteiger charge is 2.35.